The van der Waals surface area contributed by atoms with Gasteiger partial charge >= 0.3 is 0 Å². The summed E-state index contributed by atoms with van der Waals surface area (Å²) >= 11 is 5.97. The number of halogens is 1. The Hall–Kier alpha value is -2.73. The third-order valence-electron chi connectivity index (χ3n) is 5.05. The molecule has 0 saturated carbocycles. The van der Waals surface area contributed by atoms with E-state index < -0.39 is 0 Å². The van der Waals surface area contributed by atoms with Crippen molar-refractivity contribution in [1.82, 2.24) is 9.80 Å². The maximum absolute atomic E-state index is 12.1. The molecule has 0 unspecified atom stereocenters. The van der Waals surface area contributed by atoms with Gasteiger partial charge in [-0.15, -0.1) is 0 Å². The molecule has 2 N–H and O–H groups in total. The summed E-state index contributed by atoms with van der Waals surface area (Å²) in [5.74, 6) is 0.592. The predicted octanol–water partition coefficient (Wildman–Crippen LogP) is 2.72. The number of anilines is 1. The van der Waals surface area contributed by atoms with Crippen molar-refractivity contribution in [2.75, 3.05) is 51.7 Å². The minimum atomic E-state index is 0.00780. The Morgan fingerprint density at radius 1 is 1.10 bits per heavy atom. The van der Waals surface area contributed by atoms with Crippen LogP contribution in [-0.2, 0) is 6.42 Å². The van der Waals surface area contributed by atoms with Gasteiger partial charge in [-0.25, -0.2) is 0 Å². The standard InChI is InChI=1S/C22H28ClN5O/c1-26(2)21(29)18-5-3-4-17(16-18)10-11-25-22(24)28-14-12-27(13-15-28)20-8-6-19(23)7-9-20/h3-9,16H,10-15H2,1-2H3,(H2,24,25). The summed E-state index contributed by atoms with van der Waals surface area (Å²) in [6.45, 7) is 4.07. The molecule has 0 radical (unpaired) electrons. The number of hydrogen-bond donors (Lipinski definition) is 1. The smallest absolute Gasteiger partial charge is 0.253 e. The molecule has 3 rings (SSSR count). The van der Waals surface area contributed by atoms with Crippen molar-refractivity contribution < 1.29 is 4.79 Å². The van der Waals surface area contributed by atoms with E-state index in [4.69, 9.17) is 17.3 Å². The molecule has 6 nitrogen and oxygen atoms in total. The number of carbonyl (C=O) groups excluding carboxylic acids is 1. The third-order valence-corrected chi connectivity index (χ3v) is 5.30. The van der Waals surface area contributed by atoms with Crippen LogP contribution in [0.4, 0.5) is 5.69 Å². The van der Waals surface area contributed by atoms with Gasteiger partial charge in [0.25, 0.3) is 5.91 Å². The van der Waals surface area contributed by atoms with Gasteiger partial charge in [-0.3, -0.25) is 9.79 Å². The average molecular weight is 414 g/mol. The van der Waals surface area contributed by atoms with Gasteiger partial charge in [-0.05, 0) is 48.4 Å². The first kappa shape index (κ1) is 21.0. The van der Waals surface area contributed by atoms with Crippen molar-refractivity contribution in [3.8, 4) is 0 Å². The highest BCUT2D eigenvalue weighted by molar-refractivity contribution is 6.30. The molecular formula is C22H28ClN5O. The zero-order valence-electron chi connectivity index (χ0n) is 17.0. The van der Waals surface area contributed by atoms with E-state index in [1.54, 1.807) is 19.0 Å². The van der Waals surface area contributed by atoms with Crippen LogP contribution < -0.4 is 10.6 Å². The fraction of sp³-hybridized carbons (Fsp3) is 0.364. The zero-order chi connectivity index (χ0) is 20.8. The Labute approximate surface area is 177 Å². The lowest BCUT2D eigenvalue weighted by atomic mass is 10.1. The molecule has 0 bridgehead atoms. The van der Waals surface area contributed by atoms with Crippen LogP contribution in [0.3, 0.4) is 0 Å². The fourth-order valence-corrected chi connectivity index (χ4v) is 3.49. The van der Waals surface area contributed by atoms with Crippen LogP contribution in [0, 0.1) is 0 Å². The number of hydrogen-bond acceptors (Lipinski definition) is 3. The van der Waals surface area contributed by atoms with Crippen molar-refractivity contribution in [2.45, 2.75) is 6.42 Å². The highest BCUT2D eigenvalue weighted by Gasteiger charge is 2.18. The van der Waals surface area contributed by atoms with Crippen molar-refractivity contribution >= 4 is 29.2 Å². The second-order valence-electron chi connectivity index (χ2n) is 7.34. The van der Waals surface area contributed by atoms with Gasteiger partial charge in [0.15, 0.2) is 5.96 Å². The predicted molar refractivity (Wildman–Crippen MR) is 120 cm³/mol. The van der Waals surface area contributed by atoms with Gasteiger partial charge in [-0.2, -0.15) is 0 Å². The van der Waals surface area contributed by atoms with E-state index in [1.807, 2.05) is 48.5 Å². The van der Waals surface area contributed by atoms with Crippen molar-refractivity contribution in [3.05, 3.63) is 64.7 Å². The lowest BCUT2D eigenvalue weighted by Gasteiger charge is -2.36. The van der Waals surface area contributed by atoms with Gasteiger partial charge in [0.1, 0.15) is 0 Å². The van der Waals surface area contributed by atoms with Crippen molar-refractivity contribution in [2.24, 2.45) is 10.7 Å². The Morgan fingerprint density at radius 3 is 2.45 bits per heavy atom. The highest BCUT2D eigenvalue weighted by Crippen LogP contribution is 2.19. The minimum Gasteiger partial charge on any atom is -0.370 e. The summed E-state index contributed by atoms with van der Waals surface area (Å²) in [5, 5.41) is 0.750. The van der Waals surface area contributed by atoms with Crippen LogP contribution >= 0.6 is 11.6 Å². The largest absolute Gasteiger partial charge is 0.370 e. The van der Waals surface area contributed by atoms with Crippen LogP contribution in [0.15, 0.2) is 53.5 Å². The fourth-order valence-electron chi connectivity index (χ4n) is 3.36. The van der Waals surface area contributed by atoms with Crippen LogP contribution in [0.25, 0.3) is 0 Å². The van der Waals surface area contributed by atoms with E-state index in [9.17, 15) is 4.79 Å². The molecule has 1 heterocycles. The highest BCUT2D eigenvalue weighted by atomic mass is 35.5. The second kappa shape index (κ2) is 9.65. The number of guanidine groups is 1. The lowest BCUT2D eigenvalue weighted by molar-refractivity contribution is 0.0827. The molecule has 1 amide bonds. The van der Waals surface area contributed by atoms with Gasteiger partial charge in [0, 0.05) is 63.1 Å². The quantitative estimate of drug-likeness (QED) is 0.604. The van der Waals surface area contributed by atoms with Crippen LogP contribution in [-0.4, -0.2) is 68.5 Å². The Morgan fingerprint density at radius 2 is 1.79 bits per heavy atom. The molecule has 1 aliphatic rings. The molecule has 0 aromatic heterocycles. The van der Waals surface area contributed by atoms with E-state index in [2.05, 4.69) is 14.8 Å². The SMILES string of the molecule is CN(C)C(=O)c1cccc(CCN=C(N)N2CCN(c3ccc(Cl)cc3)CC2)c1. The van der Waals surface area contributed by atoms with Crippen molar-refractivity contribution in [3.63, 3.8) is 0 Å². The Balaban J connectivity index is 1.50. The number of aliphatic imine (C=N–C) groups is 1. The van der Waals surface area contributed by atoms with Gasteiger partial charge in [0.2, 0.25) is 0 Å². The summed E-state index contributed by atoms with van der Waals surface area (Å²) in [6, 6.07) is 15.6. The molecule has 29 heavy (non-hydrogen) atoms. The van der Waals surface area contributed by atoms with Crippen LogP contribution in [0.1, 0.15) is 15.9 Å². The molecule has 0 spiro atoms. The minimum absolute atomic E-state index is 0.00780. The lowest BCUT2D eigenvalue weighted by Crippen LogP contribution is -2.51. The molecule has 154 valence electrons. The zero-order valence-corrected chi connectivity index (χ0v) is 17.8. The Kier molecular flexibility index (Phi) is 6.99. The first-order valence-electron chi connectivity index (χ1n) is 9.80. The molecule has 1 aliphatic heterocycles. The number of rotatable bonds is 5. The first-order valence-corrected chi connectivity index (χ1v) is 10.2. The molecule has 2 aromatic carbocycles. The van der Waals surface area contributed by atoms with Gasteiger partial charge in [0.05, 0.1) is 0 Å². The number of nitrogens with two attached hydrogens (primary N) is 1. The molecule has 0 aliphatic carbocycles. The maximum atomic E-state index is 12.1. The average Bonchev–Trinajstić information content (AvgIpc) is 2.74. The van der Waals surface area contributed by atoms with E-state index in [-0.39, 0.29) is 5.91 Å². The summed E-state index contributed by atoms with van der Waals surface area (Å²) < 4.78 is 0. The number of nitrogens with zero attached hydrogens (tertiary/aromatic N) is 4. The van der Waals surface area contributed by atoms with Crippen LogP contribution in [0.2, 0.25) is 5.02 Å². The van der Waals surface area contributed by atoms with Gasteiger partial charge in [-0.1, -0.05) is 23.7 Å². The molecular weight excluding hydrogens is 386 g/mol. The number of piperazine rings is 1. The summed E-state index contributed by atoms with van der Waals surface area (Å²) in [6.07, 6.45) is 0.750. The van der Waals surface area contributed by atoms with Gasteiger partial charge < -0.3 is 20.4 Å². The Bertz CT molecular complexity index is 858. The monoisotopic (exact) mass is 413 g/mol. The molecule has 2 aromatic rings. The summed E-state index contributed by atoms with van der Waals surface area (Å²) in [4.78, 5) is 22.7. The molecule has 1 fully saturated rings. The third kappa shape index (κ3) is 5.64. The van der Waals surface area contributed by atoms with Crippen LogP contribution in [0.5, 0.6) is 0 Å². The topological polar surface area (TPSA) is 65.2 Å². The molecule has 7 heteroatoms. The number of benzene rings is 2. The maximum Gasteiger partial charge on any atom is 0.253 e. The van der Waals surface area contributed by atoms with E-state index in [0.717, 1.165) is 43.2 Å². The molecule has 1 saturated heterocycles. The first-order chi connectivity index (χ1) is 13.9. The van der Waals surface area contributed by atoms with E-state index in [0.29, 0.717) is 18.1 Å². The van der Waals surface area contributed by atoms with E-state index in [1.165, 1.54) is 5.69 Å². The normalized spacial score (nSPS) is 14.8. The second-order valence-corrected chi connectivity index (χ2v) is 7.78. The summed E-state index contributed by atoms with van der Waals surface area (Å²) in [5.41, 5.74) is 9.17. The number of amides is 1. The van der Waals surface area contributed by atoms with Crippen molar-refractivity contribution in [1.29, 1.82) is 0 Å². The molecule has 0 atom stereocenters. The number of carbonyl (C=O) groups is 1. The van der Waals surface area contributed by atoms with E-state index >= 15 is 0 Å². The summed E-state index contributed by atoms with van der Waals surface area (Å²) in [7, 11) is 3.51.